The zero-order valence-corrected chi connectivity index (χ0v) is 12.2. The number of thioether (sulfide) groups is 1. The van der Waals surface area contributed by atoms with Crippen molar-refractivity contribution in [2.24, 2.45) is 0 Å². The average Bonchev–Trinajstić information content (AvgIpc) is 2.83. The molecule has 0 unspecified atom stereocenters. The van der Waals surface area contributed by atoms with Gasteiger partial charge in [-0.15, -0.1) is 10.2 Å². The standard InChI is InChI=1S/C12H15N3O2S2/c1-2-16-9-3-5-10(6-4-9)17-7-8-18-12-15-14-11(13)19-12/h3-6H,2,7-8H2,1H3,(H2,13,14). The summed E-state index contributed by atoms with van der Waals surface area (Å²) in [6, 6.07) is 7.60. The van der Waals surface area contributed by atoms with Gasteiger partial charge < -0.3 is 15.2 Å². The molecule has 0 atom stereocenters. The smallest absolute Gasteiger partial charge is 0.203 e. The maximum atomic E-state index is 5.62. The molecule has 0 spiro atoms. The van der Waals surface area contributed by atoms with Gasteiger partial charge in [0.15, 0.2) is 4.34 Å². The van der Waals surface area contributed by atoms with Crippen molar-refractivity contribution < 1.29 is 9.47 Å². The van der Waals surface area contributed by atoms with E-state index in [1.807, 2.05) is 31.2 Å². The van der Waals surface area contributed by atoms with Crippen LogP contribution < -0.4 is 15.2 Å². The summed E-state index contributed by atoms with van der Waals surface area (Å²) in [5.41, 5.74) is 5.50. The molecule has 2 rings (SSSR count). The van der Waals surface area contributed by atoms with Gasteiger partial charge in [0.25, 0.3) is 0 Å². The number of benzene rings is 1. The third-order valence-corrected chi connectivity index (χ3v) is 3.98. The molecule has 0 bridgehead atoms. The van der Waals surface area contributed by atoms with Crippen LogP contribution in [0.15, 0.2) is 28.6 Å². The second-order valence-corrected chi connectivity index (χ2v) is 5.86. The molecule has 19 heavy (non-hydrogen) atoms. The van der Waals surface area contributed by atoms with Gasteiger partial charge in [0.2, 0.25) is 5.13 Å². The van der Waals surface area contributed by atoms with E-state index in [0.717, 1.165) is 21.6 Å². The summed E-state index contributed by atoms with van der Waals surface area (Å²) in [5.74, 6) is 2.50. The first-order valence-electron chi connectivity index (χ1n) is 5.85. The molecule has 5 nitrogen and oxygen atoms in total. The molecule has 0 aliphatic rings. The number of hydrogen-bond acceptors (Lipinski definition) is 7. The third kappa shape index (κ3) is 4.60. The van der Waals surface area contributed by atoms with Crippen LogP contribution in [0, 0.1) is 0 Å². The number of anilines is 1. The molecule has 102 valence electrons. The van der Waals surface area contributed by atoms with Gasteiger partial charge in [0.1, 0.15) is 11.5 Å². The molecule has 0 fully saturated rings. The van der Waals surface area contributed by atoms with Crippen molar-refractivity contribution in [3.63, 3.8) is 0 Å². The molecule has 2 N–H and O–H groups in total. The highest BCUT2D eigenvalue weighted by Gasteiger charge is 2.01. The fraction of sp³-hybridized carbons (Fsp3) is 0.333. The molecular weight excluding hydrogens is 282 g/mol. The second-order valence-electron chi connectivity index (χ2n) is 3.51. The lowest BCUT2D eigenvalue weighted by molar-refractivity contribution is 0.332. The topological polar surface area (TPSA) is 70.3 Å². The Hall–Kier alpha value is -1.47. The van der Waals surface area contributed by atoms with Crippen molar-refractivity contribution in [3.8, 4) is 11.5 Å². The maximum Gasteiger partial charge on any atom is 0.203 e. The van der Waals surface area contributed by atoms with Crippen molar-refractivity contribution in [1.82, 2.24) is 10.2 Å². The van der Waals surface area contributed by atoms with E-state index in [1.165, 1.54) is 11.3 Å². The number of hydrogen-bond donors (Lipinski definition) is 1. The van der Waals surface area contributed by atoms with Gasteiger partial charge in [-0.2, -0.15) is 0 Å². The molecule has 0 saturated heterocycles. The number of nitrogens with zero attached hydrogens (tertiary/aromatic N) is 2. The maximum absolute atomic E-state index is 5.62. The highest BCUT2D eigenvalue weighted by molar-refractivity contribution is 8.01. The summed E-state index contributed by atoms with van der Waals surface area (Å²) in [6.07, 6.45) is 0. The minimum absolute atomic E-state index is 0.495. The largest absolute Gasteiger partial charge is 0.494 e. The third-order valence-electron chi connectivity index (χ3n) is 2.13. The van der Waals surface area contributed by atoms with Crippen LogP contribution in [-0.4, -0.2) is 29.2 Å². The Kier molecular flexibility index (Phi) is 5.29. The lowest BCUT2D eigenvalue weighted by atomic mass is 10.3. The Morgan fingerprint density at radius 2 is 1.84 bits per heavy atom. The molecule has 1 aromatic carbocycles. The predicted octanol–water partition coefficient (Wildman–Crippen LogP) is 2.69. The van der Waals surface area contributed by atoms with Crippen LogP contribution in [0.25, 0.3) is 0 Å². The Morgan fingerprint density at radius 1 is 1.16 bits per heavy atom. The van der Waals surface area contributed by atoms with Gasteiger partial charge in [-0.3, -0.25) is 0 Å². The van der Waals surface area contributed by atoms with Gasteiger partial charge >= 0.3 is 0 Å². The lowest BCUT2D eigenvalue weighted by Gasteiger charge is -2.06. The molecule has 0 radical (unpaired) electrons. The zero-order chi connectivity index (χ0) is 13.5. The van der Waals surface area contributed by atoms with E-state index < -0.39 is 0 Å². The summed E-state index contributed by atoms with van der Waals surface area (Å²) < 4.78 is 11.8. The Morgan fingerprint density at radius 3 is 2.42 bits per heavy atom. The number of nitrogens with two attached hydrogens (primary N) is 1. The molecule has 0 aliphatic heterocycles. The average molecular weight is 297 g/mol. The van der Waals surface area contributed by atoms with Crippen molar-refractivity contribution in [3.05, 3.63) is 24.3 Å². The summed E-state index contributed by atoms with van der Waals surface area (Å²) in [7, 11) is 0. The second kappa shape index (κ2) is 7.20. The van der Waals surface area contributed by atoms with E-state index in [4.69, 9.17) is 15.2 Å². The molecule has 0 saturated carbocycles. The number of aromatic nitrogens is 2. The monoisotopic (exact) mass is 297 g/mol. The highest BCUT2D eigenvalue weighted by atomic mass is 32.2. The van der Waals surface area contributed by atoms with E-state index in [9.17, 15) is 0 Å². The van der Waals surface area contributed by atoms with Crippen LogP contribution in [0.2, 0.25) is 0 Å². The highest BCUT2D eigenvalue weighted by Crippen LogP contribution is 2.23. The Bertz CT molecular complexity index is 502. The van der Waals surface area contributed by atoms with Gasteiger partial charge in [0, 0.05) is 5.75 Å². The summed E-state index contributed by atoms with van der Waals surface area (Å²) in [6.45, 7) is 3.24. The fourth-order valence-electron chi connectivity index (χ4n) is 1.37. The fourth-order valence-corrected chi connectivity index (χ4v) is 2.89. The van der Waals surface area contributed by atoms with Crippen molar-refractivity contribution in [2.45, 2.75) is 11.3 Å². The SMILES string of the molecule is CCOc1ccc(OCCSc2nnc(N)s2)cc1. The van der Waals surface area contributed by atoms with Gasteiger partial charge in [-0.25, -0.2) is 0 Å². The van der Waals surface area contributed by atoms with Crippen LogP contribution in [-0.2, 0) is 0 Å². The normalized spacial score (nSPS) is 10.4. The molecular formula is C12H15N3O2S2. The van der Waals surface area contributed by atoms with Crippen molar-refractivity contribution in [1.29, 1.82) is 0 Å². The molecule has 0 aliphatic carbocycles. The van der Waals surface area contributed by atoms with E-state index in [0.29, 0.717) is 18.3 Å². The zero-order valence-electron chi connectivity index (χ0n) is 10.5. The number of rotatable bonds is 7. The number of nitrogen functional groups attached to an aromatic ring is 1. The predicted molar refractivity (Wildman–Crippen MR) is 78.2 cm³/mol. The van der Waals surface area contributed by atoms with Crippen LogP contribution >= 0.6 is 23.1 Å². The molecule has 1 aromatic heterocycles. The van der Waals surface area contributed by atoms with Crippen molar-refractivity contribution >= 4 is 28.2 Å². The summed E-state index contributed by atoms with van der Waals surface area (Å²) in [4.78, 5) is 0. The summed E-state index contributed by atoms with van der Waals surface area (Å²) in [5, 5.41) is 8.17. The van der Waals surface area contributed by atoms with Crippen LogP contribution in [0.3, 0.4) is 0 Å². The minimum Gasteiger partial charge on any atom is -0.494 e. The van der Waals surface area contributed by atoms with Crippen LogP contribution in [0.1, 0.15) is 6.92 Å². The Balaban J connectivity index is 1.70. The summed E-state index contributed by atoms with van der Waals surface area (Å²) >= 11 is 2.97. The van der Waals surface area contributed by atoms with E-state index in [1.54, 1.807) is 11.8 Å². The van der Waals surface area contributed by atoms with Crippen LogP contribution in [0.4, 0.5) is 5.13 Å². The van der Waals surface area contributed by atoms with Crippen molar-refractivity contribution in [2.75, 3.05) is 24.7 Å². The molecule has 7 heteroatoms. The van der Waals surface area contributed by atoms with E-state index in [2.05, 4.69) is 10.2 Å². The molecule has 0 amide bonds. The minimum atomic E-state index is 0.495. The first-order valence-corrected chi connectivity index (χ1v) is 7.65. The van der Waals surface area contributed by atoms with Gasteiger partial charge in [-0.05, 0) is 31.2 Å². The van der Waals surface area contributed by atoms with E-state index in [-0.39, 0.29) is 0 Å². The molecule has 2 aromatic rings. The number of ether oxygens (including phenoxy) is 2. The molecule has 1 heterocycles. The lowest BCUT2D eigenvalue weighted by Crippen LogP contribution is -2.00. The van der Waals surface area contributed by atoms with Crippen LogP contribution in [0.5, 0.6) is 11.5 Å². The van der Waals surface area contributed by atoms with Gasteiger partial charge in [0.05, 0.1) is 13.2 Å². The van der Waals surface area contributed by atoms with Gasteiger partial charge in [-0.1, -0.05) is 23.1 Å². The Labute approximate surface area is 120 Å². The van der Waals surface area contributed by atoms with E-state index >= 15 is 0 Å². The first-order chi connectivity index (χ1) is 9.28. The quantitative estimate of drug-likeness (QED) is 0.626. The first kappa shape index (κ1) is 14.0.